The predicted molar refractivity (Wildman–Crippen MR) is 257 cm³/mol. The monoisotopic (exact) mass is 1010 g/mol. The molecule has 19 heteroatoms. The molecule has 4 amide bonds. The number of hydrogen-bond donors (Lipinski definition) is 0. The zero-order valence-electron chi connectivity index (χ0n) is 40.7. The summed E-state index contributed by atoms with van der Waals surface area (Å²) in [5, 5.41) is 19.2. The van der Waals surface area contributed by atoms with Gasteiger partial charge in [-0.25, -0.2) is 19.2 Å². The lowest BCUT2D eigenvalue weighted by Gasteiger charge is -2.44. The fourth-order valence-electron chi connectivity index (χ4n) is 10.2. The van der Waals surface area contributed by atoms with Crippen LogP contribution in [0.4, 0.5) is 47.3 Å². The van der Waals surface area contributed by atoms with Gasteiger partial charge in [-0.1, -0.05) is 36.4 Å². The number of urea groups is 2. The number of nitriles is 2. The van der Waals surface area contributed by atoms with E-state index in [4.69, 9.17) is 9.47 Å². The van der Waals surface area contributed by atoms with Crippen LogP contribution in [0.5, 0.6) is 0 Å². The summed E-state index contributed by atoms with van der Waals surface area (Å²) in [6, 6.07) is 21.9. The van der Waals surface area contributed by atoms with Gasteiger partial charge >= 0.3 is 36.4 Å². The Balaban J connectivity index is 1.21. The van der Waals surface area contributed by atoms with E-state index in [-0.39, 0.29) is 60.2 Å². The number of likely N-dealkylation sites (tertiary alicyclic amines) is 1. The quantitative estimate of drug-likeness (QED) is 0.0612. The molecular weight excluding hydrogens is 957 g/mol. The number of carbonyl (C=O) groups is 4. The number of rotatable bonds is 16. The van der Waals surface area contributed by atoms with E-state index >= 15 is 0 Å². The SMILES string of the molecule is CCOC(=O)C1=C(C)N(c2cccc(C(F)(F)F)c2)C(=O)N(CCC[N+]2(CCCN3C(=O)N(c4cccc(C(F)(F)F)c4)C(C)=C(C(=O)OCC)[C@H]3c3ccc(C#N)cc3)CCCC2)[C@@H]1c1ccc(C#N)cc1. The molecule has 0 aromatic heterocycles. The maximum atomic E-state index is 14.9. The molecule has 0 spiro atoms. The number of nitrogens with zero attached hydrogens (tertiary/aromatic N) is 7. The number of anilines is 2. The fraction of sp³-hybridized carbons (Fsp3) is 0.370. The van der Waals surface area contributed by atoms with E-state index in [1.165, 1.54) is 47.9 Å². The smallest absolute Gasteiger partial charge is 0.416 e. The minimum absolute atomic E-state index is 0.0272. The molecule has 1 fully saturated rings. The largest absolute Gasteiger partial charge is 0.463 e. The molecule has 0 unspecified atom stereocenters. The highest BCUT2D eigenvalue weighted by atomic mass is 19.4. The average molecular weight is 1010 g/mol. The van der Waals surface area contributed by atoms with Gasteiger partial charge in [0.15, 0.2) is 0 Å². The van der Waals surface area contributed by atoms with Gasteiger partial charge in [0.1, 0.15) is 0 Å². The summed E-state index contributed by atoms with van der Waals surface area (Å²) in [5.41, 5.74) is -0.419. The van der Waals surface area contributed by atoms with Crippen molar-refractivity contribution in [2.75, 3.05) is 62.3 Å². The Bertz CT molecular complexity index is 2690. The number of halogens is 6. The molecule has 0 saturated carbocycles. The van der Waals surface area contributed by atoms with E-state index < -0.39 is 59.6 Å². The van der Waals surface area contributed by atoms with Gasteiger partial charge < -0.3 is 23.8 Å². The zero-order valence-corrected chi connectivity index (χ0v) is 40.7. The molecule has 0 bridgehead atoms. The van der Waals surface area contributed by atoms with Crippen molar-refractivity contribution >= 4 is 35.4 Å². The van der Waals surface area contributed by atoms with Gasteiger partial charge in [0.25, 0.3) is 0 Å². The van der Waals surface area contributed by atoms with Crippen LogP contribution in [0.3, 0.4) is 0 Å². The van der Waals surface area contributed by atoms with Crippen LogP contribution in [0.25, 0.3) is 0 Å². The molecule has 13 nitrogen and oxygen atoms in total. The second kappa shape index (κ2) is 22.0. The van der Waals surface area contributed by atoms with Crippen LogP contribution in [-0.2, 0) is 31.4 Å². The normalized spacial score (nSPS) is 18.2. The fourth-order valence-corrected chi connectivity index (χ4v) is 10.2. The lowest BCUT2D eigenvalue weighted by molar-refractivity contribution is -0.917. The molecule has 3 aliphatic rings. The van der Waals surface area contributed by atoms with Crippen LogP contribution in [0, 0.1) is 22.7 Å². The van der Waals surface area contributed by atoms with Crippen LogP contribution in [0.15, 0.2) is 120 Å². The Morgan fingerprint density at radius 3 is 1.32 bits per heavy atom. The lowest BCUT2D eigenvalue weighted by Crippen LogP contribution is -2.54. The number of carbonyl (C=O) groups excluding carboxylic acids is 4. The van der Waals surface area contributed by atoms with Crippen LogP contribution >= 0.6 is 0 Å². The molecule has 1 saturated heterocycles. The summed E-state index contributed by atoms with van der Waals surface area (Å²) in [5.74, 6) is -1.55. The average Bonchev–Trinajstić information content (AvgIpc) is 3.83. The first-order valence-electron chi connectivity index (χ1n) is 23.9. The highest BCUT2D eigenvalue weighted by Gasteiger charge is 2.46. The summed E-state index contributed by atoms with van der Waals surface area (Å²) in [6.07, 6.45) is -7.08. The molecule has 0 radical (unpaired) electrons. The minimum atomic E-state index is -4.73. The molecule has 3 heterocycles. The van der Waals surface area contributed by atoms with Gasteiger partial charge in [-0.2, -0.15) is 36.9 Å². The molecule has 4 aromatic carbocycles. The Kier molecular flexibility index (Phi) is 16.0. The van der Waals surface area contributed by atoms with Gasteiger partial charge in [-0.15, -0.1) is 0 Å². The third-order valence-electron chi connectivity index (χ3n) is 13.6. The maximum absolute atomic E-state index is 14.9. The summed E-state index contributed by atoms with van der Waals surface area (Å²) in [4.78, 5) is 62.9. The second-order valence-corrected chi connectivity index (χ2v) is 18.1. The Morgan fingerprint density at radius 1 is 0.616 bits per heavy atom. The minimum Gasteiger partial charge on any atom is -0.463 e. The molecule has 2 atom stereocenters. The highest BCUT2D eigenvalue weighted by Crippen LogP contribution is 2.44. The number of alkyl halides is 6. The number of hydrogen-bond acceptors (Lipinski definition) is 8. The van der Waals surface area contributed by atoms with Crippen molar-refractivity contribution in [1.82, 2.24) is 9.80 Å². The second-order valence-electron chi connectivity index (χ2n) is 18.1. The number of quaternary nitrogens is 1. The molecular formula is C54H54F6N7O6+. The summed E-state index contributed by atoms with van der Waals surface area (Å²) >= 11 is 0. The Morgan fingerprint density at radius 2 is 0.986 bits per heavy atom. The summed E-state index contributed by atoms with van der Waals surface area (Å²) in [7, 11) is 0. The lowest BCUT2D eigenvalue weighted by atomic mass is 9.92. The molecule has 382 valence electrons. The molecule has 73 heavy (non-hydrogen) atoms. The van der Waals surface area contributed by atoms with Crippen molar-refractivity contribution in [3.8, 4) is 12.1 Å². The van der Waals surface area contributed by atoms with E-state index in [1.54, 1.807) is 62.4 Å². The van der Waals surface area contributed by atoms with Gasteiger partial charge in [0.05, 0.1) is 108 Å². The van der Waals surface area contributed by atoms with Crippen LogP contribution < -0.4 is 9.80 Å². The predicted octanol–water partition coefficient (Wildman–Crippen LogP) is 11.2. The van der Waals surface area contributed by atoms with E-state index in [9.17, 15) is 56.0 Å². The standard InChI is InChI=1S/C54H54F6N7O6/c1-5-72-49(68)45-35(3)65(43-15-9-13-41(31-43)53(55,56)57)51(70)63(47(45)39-21-17-37(33-61)18-22-39)25-11-29-67(27-7-8-28-67)30-12-26-64-48(40-23-19-38(34-62)20-24-40)46(50(69)73-6-2)36(4)66(52(64)71)44-16-10-14-42(32-44)54(58,59)60/h9-10,13-24,31-32,47-48H,5-8,11-12,25-30H2,1-4H3/q+1/t47-,48-/m1/s1. The first kappa shape index (κ1) is 53.2. The molecule has 7 rings (SSSR count). The van der Waals surface area contributed by atoms with E-state index in [0.29, 0.717) is 65.8 Å². The topological polar surface area (TPSA) is 147 Å². The van der Waals surface area contributed by atoms with E-state index in [1.807, 2.05) is 0 Å². The number of allylic oxidation sites excluding steroid dienone is 2. The number of ether oxygens (including phenoxy) is 2. The zero-order chi connectivity index (χ0) is 52.8. The van der Waals surface area contributed by atoms with Crippen molar-refractivity contribution in [2.45, 2.75) is 77.8 Å². The van der Waals surface area contributed by atoms with E-state index in [0.717, 1.165) is 46.9 Å². The van der Waals surface area contributed by atoms with Crippen LogP contribution in [0.1, 0.15) is 98.8 Å². The molecule has 4 aromatic rings. The van der Waals surface area contributed by atoms with Gasteiger partial charge in [0, 0.05) is 50.2 Å². The first-order chi connectivity index (χ1) is 34.8. The van der Waals surface area contributed by atoms with Crippen molar-refractivity contribution < 1.29 is 59.5 Å². The summed E-state index contributed by atoms with van der Waals surface area (Å²) < 4.78 is 95.9. The number of esters is 2. The van der Waals surface area contributed by atoms with Crippen molar-refractivity contribution in [3.05, 3.63) is 153 Å². The Hall–Kier alpha value is -7.64. The van der Waals surface area contributed by atoms with Crippen LogP contribution in [-0.4, -0.2) is 90.8 Å². The van der Waals surface area contributed by atoms with Crippen LogP contribution in [0.2, 0.25) is 0 Å². The van der Waals surface area contributed by atoms with Gasteiger partial charge in [-0.05, 0) is 99.5 Å². The van der Waals surface area contributed by atoms with E-state index in [2.05, 4.69) is 12.1 Å². The third kappa shape index (κ3) is 11.2. The molecule has 0 aliphatic carbocycles. The molecule has 0 N–H and O–H groups in total. The van der Waals surface area contributed by atoms with Gasteiger partial charge in [0.2, 0.25) is 0 Å². The Labute approximate surface area is 419 Å². The van der Waals surface area contributed by atoms with Crippen molar-refractivity contribution in [3.63, 3.8) is 0 Å². The number of amides is 4. The van der Waals surface area contributed by atoms with Crippen molar-refractivity contribution in [2.24, 2.45) is 0 Å². The summed E-state index contributed by atoms with van der Waals surface area (Å²) in [6.45, 7) is 8.57. The van der Waals surface area contributed by atoms with Crippen molar-refractivity contribution in [1.29, 1.82) is 10.5 Å². The number of benzene rings is 4. The highest BCUT2D eigenvalue weighted by molar-refractivity contribution is 6.04. The first-order valence-corrected chi connectivity index (χ1v) is 23.9. The third-order valence-corrected chi connectivity index (χ3v) is 13.6. The van der Waals surface area contributed by atoms with Gasteiger partial charge in [-0.3, -0.25) is 9.80 Å². The molecule has 3 aliphatic heterocycles. The maximum Gasteiger partial charge on any atom is 0.416 e.